The molecule has 0 saturated carbocycles. The number of aryl methyl sites for hydroxylation is 1. The Kier molecular flexibility index (Phi) is 2.52. The Bertz CT molecular complexity index is 590. The van der Waals surface area contributed by atoms with Gasteiger partial charge in [0, 0.05) is 11.3 Å². The first-order valence-corrected chi connectivity index (χ1v) is 5.87. The molecule has 1 atom stereocenters. The van der Waals surface area contributed by atoms with Crippen molar-refractivity contribution in [3.63, 3.8) is 0 Å². The van der Waals surface area contributed by atoms with E-state index in [0.29, 0.717) is 5.56 Å². The predicted molar refractivity (Wildman–Crippen MR) is 69.4 cm³/mol. The van der Waals surface area contributed by atoms with Crippen LogP contribution in [0.2, 0.25) is 0 Å². The van der Waals surface area contributed by atoms with Gasteiger partial charge in [-0.1, -0.05) is 35.9 Å². The summed E-state index contributed by atoms with van der Waals surface area (Å²) in [6.07, 6.45) is -0.392. The maximum Gasteiger partial charge on any atom is 0.340 e. The maximum absolute atomic E-state index is 11.7. The predicted octanol–water partition coefficient (Wildman–Crippen LogP) is 3.28. The van der Waals surface area contributed by atoms with Gasteiger partial charge in [-0.15, -0.1) is 0 Å². The van der Waals surface area contributed by atoms with E-state index in [1.807, 2.05) is 49.4 Å². The number of hydrogen-bond acceptors (Lipinski definition) is 3. The Morgan fingerprint density at radius 3 is 2.56 bits per heavy atom. The number of fused-ring (bicyclic) bond motifs is 1. The van der Waals surface area contributed by atoms with Gasteiger partial charge in [-0.25, -0.2) is 4.79 Å². The zero-order chi connectivity index (χ0) is 12.5. The number of nitrogens with one attached hydrogen (secondary N) is 1. The van der Waals surface area contributed by atoms with Crippen LogP contribution in [0.25, 0.3) is 0 Å². The van der Waals surface area contributed by atoms with E-state index in [9.17, 15) is 4.79 Å². The molecule has 0 unspecified atom stereocenters. The average molecular weight is 239 g/mol. The minimum Gasteiger partial charge on any atom is -0.434 e. The third-order valence-corrected chi connectivity index (χ3v) is 3.04. The zero-order valence-corrected chi connectivity index (χ0v) is 10.0. The van der Waals surface area contributed by atoms with E-state index in [1.54, 1.807) is 6.07 Å². The molecule has 2 aromatic carbocycles. The molecule has 1 aliphatic heterocycles. The van der Waals surface area contributed by atoms with Gasteiger partial charge in [-0.2, -0.15) is 0 Å². The highest BCUT2D eigenvalue weighted by Gasteiger charge is 2.30. The fourth-order valence-corrected chi connectivity index (χ4v) is 2.05. The standard InChI is InChI=1S/C15H13NO2/c1-10-6-8-11(9-7-10)16-14-12-4-2-3-5-13(12)15(17)18-14/h2-9,14,16H,1H3/t14-/m1/s1. The number of hydrogen-bond donors (Lipinski definition) is 1. The molecule has 3 heteroatoms. The summed E-state index contributed by atoms with van der Waals surface area (Å²) in [5.41, 5.74) is 3.67. The monoisotopic (exact) mass is 239 g/mol. The van der Waals surface area contributed by atoms with Crippen molar-refractivity contribution in [1.29, 1.82) is 0 Å². The van der Waals surface area contributed by atoms with Crippen molar-refractivity contribution in [2.75, 3.05) is 5.32 Å². The van der Waals surface area contributed by atoms with Crippen LogP contribution in [0.1, 0.15) is 27.7 Å². The van der Waals surface area contributed by atoms with Crippen LogP contribution in [0.3, 0.4) is 0 Å². The second-order valence-electron chi connectivity index (χ2n) is 4.38. The fourth-order valence-electron chi connectivity index (χ4n) is 2.05. The normalized spacial score (nSPS) is 17.2. The number of carbonyl (C=O) groups excluding carboxylic acids is 1. The molecule has 0 radical (unpaired) electrons. The molecule has 3 nitrogen and oxygen atoms in total. The van der Waals surface area contributed by atoms with Crippen LogP contribution in [0.15, 0.2) is 48.5 Å². The molecule has 90 valence electrons. The van der Waals surface area contributed by atoms with Crippen LogP contribution in [0.5, 0.6) is 0 Å². The molecule has 0 spiro atoms. The molecule has 0 bridgehead atoms. The summed E-state index contributed by atoms with van der Waals surface area (Å²) in [5, 5.41) is 3.21. The molecule has 1 aliphatic rings. The summed E-state index contributed by atoms with van der Waals surface area (Å²) in [6.45, 7) is 2.04. The molecule has 1 heterocycles. The Morgan fingerprint density at radius 1 is 1.06 bits per heavy atom. The summed E-state index contributed by atoms with van der Waals surface area (Å²) in [5.74, 6) is -0.268. The second-order valence-corrected chi connectivity index (χ2v) is 4.38. The van der Waals surface area contributed by atoms with E-state index in [2.05, 4.69) is 5.32 Å². The SMILES string of the molecule is Cc1ccc(N[C@@H]2OC(=O)c3ccccc32)cc1. The Labute approximate surface area is 105 Å². The van der Waals surface area contributed by atoms with Crippen LogP contribution >= 0.6 is 0 Å². The Morgan fingerprint density at radius 2 is 1.78 bits per heavy atom. The van der Waals surface area contributed by atoms with Crippen molar-refractivity contribution in [3.8, 4) is 0 Å². The summed E-state index contributed by atoms with van der Waals surface area (Å²) >= 11 is 0. The van der Waals surface area contributed by atoms with Crippen molar-refractivity contribution >= 4 is 11.7 Å². The van der Waals surface area contributed by atoms with E-state index in [0.717, 1.165) is 11.3 Å². The molecule has 0 fully saturated rings. The Hall–Kier alpha value is -2.29. The van der Waals surface area contributed by atoms with Crippen LogP contribution in [0.4, 0.5) is 5.69 Å². The van der Waals surface area contributed by atoms with Crippen molar-refractivity contribution in [2.45, 2.75) is 13.2 Å². The van der Waals surface area contributed by atoms with E-state index >= 15 is 0 Å². The number of rotatable bonds is 2. The molecular formula is C15H13NO2. The zero-order valence-electron chi connectivity index (χ0n) is 10.0. The van der Waals surface area contributed by atoms with Gasteiger partial charge in [0.1, 0.15) is 0 Å². The van der Waals surface area contributed by atoms with Crippen LogP contribution < -0.4 is 5.32 Å². The van der Waals surface area contributed by atoms with Gasteiger partial charge in [0.25, 0.3) is 0 Å². The number of carbonyl (C=O) groups is 1. The first-order chi connectivity index (χ1) is 8.74. The third-order valence-electron chi connectivity index (χ3n) is 3.04. The molecule has 0 amide bonds. The molecule has 2 aromatic rings. The molecule has 3 rings (SSSR count). The number of cyclic esters (lactones) is 1. The van der Waals surface area contributed by atoms with Crippen molar-refractivity contribution in [3.05, 3.63) is 65.2 Å². The fraction of sp³-hybridized carbons (Fsp3) is 0.133. The summed E-state index contributed by atoms with van der Waals surface area (Å²) in [4.78, 5) is 11.7. The number of ether oxygens (including phenoxy) is 1. The highest BCUT2D eigenvalue weighted by atomic mass is 16.6. The van der Waals surface area contributed by atoms with Gasteiger partial charge in [-0.3, -0.25) is 0 Å². The van der Waals surface area contributed by atoms with Gasteiger partial charge in [0.2, 0.25) is 6.23 Å². The molecule has 0 saturated heterocycles. The van der Waals surface area contributed by atoms with E-state index in [-0.39, 0.29) is 5.97 Å². The molecular weight excluding hydrogens is 226 g/mol. The molecule has 1 N–H and O–H groups in total. The Balaban J connectivity index is 1.87. The quantitative estimate of drug-likeness (QED) is 0.817. The van der Waals surface area contributed by atoms with E-state index in [4.69, 9.17) is 4.74 Å². The van der Waals surface area contributed by atoms with Crippen molar-refractivity contribution in [2.24, 2.45) is 0 Å². The smallest absolute Gasteiger partial charge is 0.340 e. The lowest BCUT2D eigenvalue weighted by Gasteiger charge is -2.14. The average Bonchev–Trinajstić information content (AvgIpc) is 2.70. The minimum absolute atomic E-state index is 0.268. The first-order valence-electron chi connectivity index (χ1n) is 5.87. The summed E-state index contributed by atoms with van der Waals surface area (Å²) in [7, 11) is 0. The van der Waals surface area contributed by atoms with Crippen LogP contribution in [0, 0.1) is 6.92 Å². The van der Waals surface area contributed by atoms with Gasteiger partial charge in [0.05, 0.1) is 5.56 Å². The lowest BCUT2D eigenvalue weighted by Crippen LogP contribution is -2.10. The van der Waals surface area contributed by atoms with Gasteiger partial charge in [0.15, 0.2) is 0 Å². The molecule has 0 aliphatic carbocycles. The number of benzene rings is 2. The third kappa shape index (κ3) is 1.84. The van der Waals surface area contributed by atoms with E-state index < -0.39 is 6.23 Å². The summed E-state index contributed by atoms with van der Waals surface area (Å²) < 4.78 is 5.32. The largest absolute Gasteiger partial charge is 0.434 e. The molecule has 0 aromatic heterocycles. The highest BCUT2D eigenvalue weighted by molar-refractivity contribution is 5.94. The number of anilines is 1. The van der Waals surface area contributed by atoms with Gasteiger partial charge < -0.3 is 10.1 Å². The van der Waals surface area contributed by atoms with Gasteiger partial charge in [-0.05, 0) is 25.1 Å². The number of esters is 1. The lowest BCUT2D eigenvalue weighted by molar-refractivity contribution is 0.0437. The first kappa shape index (κ1) is 10.8. The topological polar surface area (TPSA) is 38.3 Å². The van der Waals surface area contributed by atoms with Gasteiger partial charge >= 0.3 is 5.97 Å². The van der Waals surface area contributed by atoms with Crippen LogP contribution in [-0.4, -0.2) is 5.97 Å². The van der Waals surface area contributed by atoms with Crippen molar-refractivity contribution < 1.29 is 9.53 Å². The maximum atomic E-state index is 11.7. The van der Waals surface area contributed by atoms with Crippen LogP contribution in [-0.2, 0) is 4.74 Å². The molecule has 18 heavy (non-hydrogen) atoms. The van der Waals surface area contributed by atoms with E-state index in [1.165, 1.54) is 5.56 Å². The minimum atomic E-state index is -0.392. The highest BCUT2D eigenvalue weighted by Crippen LogP contribution is 2.31. The summed E-state index contributed by atoms with van der Waals surface area (Å²) in [6, 6.07) is 15.4. The van der Waals surface area contributed by atoms with Crippen molar-refractivity contribution in [1.82, 2.24) is 0 Å². The lowest BCUT2D eigenvalue weighted by atomic mass is 10.1. The second kappa shape index (κ2) is 4.18.